The van der Waals surface area contributed by atoms with E-state index in [0.29, 0.717) is 29.9 Å². The summed E-state index contributed by atoms with van der Waals surface area (Å²) in [5.41, 5.74) is 1.33. The molecule has 2 fully saturated rings. The molecule has 1 unspecified atom stereocenters. The van der Waals surface area contributed by atoms with Gasteiger partial charge in [0.2, 0.25) is 0 Å². The van der Waals surface area contributed by atoms with E-state index in [4.69, 9.17) is 0 Å². The molecule has 1 N–H and O–H groups in total. The number of pyridine rings is 2. The van der Waals surface area contributed by atoms with Crippen LogP contribution in [0, 0.1) is 18.7 Å². The first-order valence-corrected chi connectivity index (χ1v) is 9.35. The van der Waals surface area contributed by atoms with Crippen LogP contribution >= 0.6 is 0 Å². The molecule has 2 aromatic heterocycles. The van der Waals surface area contributed by atoms with Gasteiger partial charge < -0.3 is 10.0 Å². The van der Waals surface area contributed by atoms with E-state index >= 15 is 4.39 Å². The molecule has 7 heteroatoms. The zero-order chi connectivity index (χ0) is 19.3. The summed E-state index contributed by atoms with van der Waals surface area (Å²) in [4.78, 5) is 25.9. The highest BCUT2D eigenvalue weighted by atomic mass is 19.1. The van der Waals surface area contributed by atoms with Crippen molar-refractivity contribution in [3.63, 3.8) is 0 Å². The number of anilines is 1. The van der Waals surface area contributed by atoms with E-state index in [-0.39, 0.29) is 17.4 Å². The highest BCUT2D eigenvalue weighted by molar-refractivity contribution is 5.89. The molecule has 3 heterocycles. The van der Waals surface area contributed by atoms with Crippen molar-refractivity contribution in [3.8, 4) is 0 Å². The van der Waals surface area contributed by atoms with Crippen LogP contribution < -0.4 is 10.5 Å². The van der Waals surface area contributed by atoms with Crippen LogP contribution in [-0.2, 0) is 0 Å². The number of alkyl halides is 1. The third-order valence-corrected chi connectivity index (χ3v) is 5.74. The predicted molar refractivity (Wildman–Crippen MR) is 98.2 cm³/mol. The van der Waals surface area contributed by atoms with Gasteiger partial charge in [0.1, 0.15) is 5.56 Å². The molecule has 0 amide bonds. The molecule has 1 saturated heterocycles. The van der Waals surface area contributed by atoms with Gasteiger partial charge in [0.05, 0.1) is 24.1 Å². The van der Waals surface area contributed by atoms with Crippen molar-refractivity contribution >= 4 is 17.2 Å². The Morgan fingerprint density at radius 2 is 2.07 bits per heavy atom. The van der Waals surface area contributed by atoms with Crippen LogP contribution in [0.4, 0.5) is 14.5 Å². The number of piperidine rings is 1. The summed E-state index contributed by atoms with van der Waals surface area (Å²) in [6, 6.07) is 1.45. The summed E-state index contributed by atoms with van der Waals surface area (Å²) in [6.45, 7) is 2.42. The molecule has 5 nitrogen and oxygen atoms in total. The molecule has 2 aromatic rings. The monoisotopic (exact) mass is 376 g/mol. The number of aryl methyl sites for hydroxylation is 1. The van der Waals surface area contributed by atoms with E-state index in [2.05, 4.69) is 0 Å². The number of hydrogen-bond acceptors (Lipinski definition) is 3. The molecular formula is C20H22F2N2O3. The van der Waals surface area contributed by atoms with E-state index in [9.17, 15) is 19.1 Å². The van der Waals surface area contributed by atoms with Gasteiger partial charge in [0.25, 0.3) is 5.56 Å². The van der Waals surface area contributed by atoms with Crippen LogP contribution in [0.1, 0.15) is 53.1 Å². The van der Waals surface area contributed by atoms with E-state index in [0.717, 1.165) is 41.8 Å². The number of fused-ring (bicyclic) bond motifs is 1. The Morgan fingerprint density at radius 3 is 2.70 bits per heavy atom. The molecule has 0 bridgehead atoms. The van der Waals surface area contributed by atoms with Gasteiger partial charge in [-0.05, 0) is 55.7 Å². The topological polar surface area (TPSA) is 62.0 Å². The molecule has 1 aliphatic carbocycles. The minimum Gasteiger partial charge on any atom is -0.477 e. The molecular weight excluding hydrogens is 354 g/mol. The molecule has 0 radical (unpaired) electrons. The van der Waals surface area contributed by atoms with Gasteiger partial charge >= 0.3 is 5.97 Å². The highest BCUT2D eigenvalue weighted by Crippen LogP contribution is 2.44. The second kappa shape index (κ2) is 6.62. The van der Waals surface area contributed by atoms with Gasteiger partial charge in [-0.25, -0.2) is 9.18 Å². The van der Waals surface area contributed by atoms with Crippen molar-refractivity contribution in [1.82, 2.24) is 4.40 Å². The first-order valence-electron chi connectivity index (χ1n) is 9.35. The third-order valence-electron chi connectivity index (χ3n) is 5.74. The summed E-state index contributed by atoms with van der Waals surface area (Å²) in [6.07, 6.45) is 4.52. The van der Waals surface area contributed by atoms with Gasteiger partial charge in [-0.1, -0.05) is 0 Å². The molecule has 144 valence electrons. The molecule has 1 saturated carbocycles. The SMILES string of the molecule is Cc1c(N2CCCC(CF)C2)c(F)cn2c(=O)c(C(=O)O)cc(C3CC3)c12. The minimum absolute atomic E-state index is 0.117. The normalized spacial score (nSPS) is 20.3. The highest BCUT2D eigenvalue weighted by Gasteiger charge is 2.31. The second-order valence-corrected chi connectivity index (χ2v) is 7.68. The predicted octanol–water partition coefficient (Wildman–Crippen LogP) is 3.51. The average molecular weight is 376 g/mol. The quantitative estimate of drug-likeness (QED) is 0.887. The fraction of sp³-hybridized carbons (Fsp3) is 0.500. The van der Waals surface area contributed by atoms with Crippen molar-refractivity contribution in [3.05, 3.63) is 45.1 Å². The first-order chi connectivity index (χ1) is 12.9. The zero-order valence-corrected chi connectivity index (χ0v) is 15.2. The number of aromatic nitrogens is 1. The number of halogens is 2. The Hall–Kier alpha value is -2.44. The number of carboxylic acid groups (broad SMARTS) is 1. The van der Waals surface area contributed by atoms with Crippen molar-refractivity contribution in [2.75, 3.05) is 24.7 Å². The van der Waals surface area contributed by atoms with Gasteiger partial charge in [-0.15, -0.1) is 0 Å². The Bertz CT molecular complexity index is 982. The van der Waals surface area contributed by atoms with Gasteiger partial charge in [-0.3, -0.25) is 13.6 Å². The van der Waals surface area contributed by atoms with Crippen molar-refractivity contribution in [2.24, 2.45) is 5.92 Å². The fourth-order valence-electron chi connectivity index (χ4n) is 4.28. The van der Waals surface area contributed by atoms with Gasteiger partial charge in [0, 0.05) is 19.0 Å². The molecule has 0 aromatic carbocycles. The zero-order valence-electron chi connectivity index (χ0n) is 15.2. The third kappa shape index (κ3) is 2.99. The maximum absolute atomic E-state index is 15.0. The van der Waals surface area contributed by atoms with Crippen molar-refractivity contribution in [1.29, 1.82) is 0 Å². The molecule has 0 spiro atoms. The number of hydrogen-bond donors (Lipinski definition) is 1. The van der Waals surface area contributed by atoms with Crippen LogP contribution in [0.25, 0.3) is 5.52 Å². The van der Waals surface area contributed by atoms with Crippen molar-refractivity contribution in [2.45, 2.75) is 38.5 Å². The lowest BCUT2D eigenvalue weighted by molar-refractivity contribution is 0.0694. The smallest absolute Gasteiger partial charge is 0.341 e. The summed E-state index contributed by atoms with van der Waals surface area (Å²) in [5, 5.41) is 9.35. The Kier molecular flexibility index (Phi) is 4.40. The van der Waals surface area contributed by atoms with Gasteiger partial charge in [-0.2, -0.15) is 0 Å². The lowest BCUT2D eigenvalue weighted by Gasteiger charge is -2.35. The number of nitrogens with zero attached hydrogens (tertiary/aromatic N) is 2. The van der Waals surface area contributed by atoms with Crippen LogP contribution in [0.3, 0.4) is 0 Å². The lowest BCUT2D eigenvalue weighted by Crippen LogP contribution is -2.37. The fourth-order valence-corrected chi connectivity index (χ4v) is 4.28. The Balaban J connectivity index is 1.95. The number of aromatic carboxylic acids is 1. The Morgan fingerprint density at radius 1 is 1.33 bits per heavy atom. The van der Waals surface area contributed by atoms with E-state index in [1.54, 1.807) is 6.92 Å². The molecule has 27 heavy (non-hydrogen) atoms. The van der Waals surface area contributed by atoms with Crippen LogP contribution in [0.5, 0.6) is 0 Å². The number of carboxylic acids is 1. The largest absolute Gasteiger partial charge is 0.477 e. The number of rotatable bonds is 4. The van der Waals surface area contributed by atoms with Crippen LogP contribution in [-0.4, -0.2) is 35.2 Å². The standard InChI is InChI=1S/C20H22F2N2O3/c1-11-17-14(13-4-5-13)7-15(20(26)27)19(25)24(17)10-16(22)18(11)23-6-2-3-12(8-21)9-23/h7,10,12-13H,2-6,8-9H2,1H3,(H,26,27). The maximum Gasteiger partial charge on any atom is 0.341 e. The van der Waals surface area contributed by atoms with E-state index in [1.807, 2.05) is 4.90 Å². The molecule has 2 aliphatic rings. The summed E-state index contributed by atoms with van der Waals surface area (Å²) in [5.74, 6) is -1.81. The molecule has 4 rings (SSSR count). The van der Waals surface area contributed by atoms with Crippen molar-refractivity contribution < 1.29 is 18.7 Å². The summed E-state index contributed by atoms with van der Waals surface area (Å²) < 4.78 is 29.3. The molecule has 1 aliphatic heterocycles. The lowest BCUT2D eigenvalue weighted by atomic mass is 9.97. The summed E-state index contributed by atoms with van der Waals surface area (Å²) in [7, 11) is 0. The average Bonchev–Trinajstić information content (AvgIpc) is 3.47. The van der Waals surface area contributed by atoms with Crippen LogP contribution in [0.2, 0.25) is 0 Å². The van der Waals surface area contributed by atoms with Crippen LogP contribution in [0.15, 0.2) is 17.1 Å². The first kappa shape index (κ1) is 17.9. The summed E-state index contributed by atoms with van der Waals surface area (Å²) >= 11 is 0. The molecule has 1 atom stereocenters. The van der Waals surface area contributed by atoms with E-state index < -0.39 is 24.0 Å². The Labute approximate surface area is 155 Å². The second-order valence-electron chi connectivity index (χ2n) is 7.68. The maximum atomic E-state index is 15.0. The van der Waals surface area contributed by atoms with E-state index in [1.165, 1.54) is 6.07 Å². The minimum atomic E-state index is -1.31. The van der Waals surface area contributed by atoms with Gasteiger partial charge in [0.15, 0.2) is 5.82 Å². The number of carbonyl (C=O) groups is 1.